The lowest BCUT2D eigenvalue weighted by Crippen LogP contribution is -2.19. The normalized spacial score (nSPS) is 10.0. The third kappa shape index (κ3) is 2.43. The number of anilines is 3. The zero-order valence-corrected chi connectivity index (χ0v) is 10.2. The Labute approximate surface area is 106 Å². The molecule has 1 aromatic carbocycles. The monoisotopic (exact) mass is 241 g/mol. The average Bonchev–Trinajstić information content (AvgIpc) is 2.70. The van der Waals surface area contributed by atoms with E-state index in [1.54, 1.807) is 0 Å². The molecule has 0 aliphatic rings. The molecule has 3 N–H and O–H groups in total. The van der Waals surface area contributed by atoms with E-state index in [1.807, 2.05) is 42.2 Å². The third-order valence-corrected chi connectivity index (χ3v) is 2.60. The fraction of sp³-hybridized carbons (Fsp3) is 0.231. The van der Waals surface area contributed by atoms with Crippen molar-refractivity contribution in [2.75, 3.05) is 17.2 Å². The van der Waals surface area contributed by atoms with Gasteiger partial charge in [-0.05, 0) is 19.1 Å². The molecule has 92 valence electrons. The van der Waals surface area contributed by atoms with Crippen molar-refractivity contribution >= 4 is 17.3 Å². The van der Waals surface area contributed by atoms with E-state index in [2.05, 4.69) is 16.0 Å². The first-order chi connectivity index (χ1) is 8.72. The minimum atomic E-state index is 0.417. The van der Waals surface area contributed by atoms with Crippen LogP contribution in [0.5, 0.6) is 0 Å². The maximum atomic E-state index is 8.75. The van der Waals surface area contributed by atoms with Gasteiger partial charge in [0.1, 0.15) is 11.6 Å². The zero-order chi connectivity index (χ0) is 13.0. The first-order valence-corrected chi connectivity index (χ1v) is 5.74. The van der Waals surface area contributed by atoms with Crippen LogP contribution >= 0.6 is 0 Å². The molecule has 0 amide bonds. The lowest BCUT2D eigenvalue weighted by molar-refractivity contribution is 0.931. The largest absolute Gasteiger partial charge is 0.382 e. The summed E-state index contributed by atoms with van der Waals surface area (Å²) in [6.07, 6.45) is 0.417. The molecule has 0 spiro atoms. The Morgan fingerprint density at radius 2 is 2.11 bits per heavy atom. The van der Waals surface area contributed by atoms with Crippen molar-refractivity contribution in [2.45, 2.75) is 13.3 Å². The number of benzene rings is 1. The van der Waals surface area contributed by atoms with Gasteiger partial charge in [0.2, 0.25) is 0 Å². The van der Waals surface area contributed by atoms with E-state index in [9.17, 15) is 0 Å². The summed E-state index contributed by atoms with van der Waals surface area (Å²) in [6.45, 7) is 2.42. The minimum absolute atomic E-state index is 0.417. The van der Waals surface area contributed by atoms with E-state index in [1.165, 1.54) is 0 Å². The number of nitrogen functional groups attached to an aromatic ring is 1. The summed E-state index contributed by atoms with van der Waals surface area (Å²) in [5.41, 5.74) is 6.89. The molecule has 5 nitrogen and oxygen atoms in total. The Morgan fingerprint density at radius 3 is 2.67 bits per heavy atom. The number of nitrogens with two attached hydrogens (primary N) is 1. The van der Waals surface area contributed by atoms with Gasteiger partial charge in [0.15, 0.2) is 5.82 Å². The molecule has 5 heteroatoms. The highest BCUT2D eigenvalue weighted by atomic mass is 15.2. The molecule has 1 aromatic heterocycles. The number of aromatic nitrogens is 2. The zero-order valence-electron chi connectivity index (χ0n) is 10.2. The molecule has 0 bridgehead atoms. The van der Waals surface area contributed by atoms with Crippen molar-refractivity contribution in [3.05, 3.63) is 36.2 Å². The predicted octanol–water partition coefficient (Wildman–Crippen LogP) is 2.35. The van der Waals surface area contributed by atoms with Gasteiger partial charge in [0.05, 0.1) is 12.5 Å². The quantitative estimate of drug-likeness (QED) is 0.860. The van der Waals surface area contributed by atoms with Crippen molar-refractivity contribution in [2.24, 2.45) is 0 Å². The van der Waals surface area contributed by atoms with Crippen molar-refractivity contribution in [1.29, 1.82) is 5.26 Å². The average molecular weight is 241 g/mol. The number of para-hydroxylation sites is 1. The summed E-state index contributed by atoms with van der Waals surface area (Å²) in [5, 5.41) is 8.75. The van der Waals surface area contributed by atoms with Crippen LogP contribution in [0, 0.1) is 18.3 Å². The third-order valence-electron chi connectivity index (χ3n) is 2.60. The Balaban J connectivity index is 2.37. The van der Waals surface area contributed by atoms with Crippen molar-refractivity contribution in [1.82, 2.24) is 9.97 Å². The van der Waals surface area contributed by atoms with Gasteiger partial charge in [0, 0.05) is 12.2 Å². The highest BCUT2D eigenvalue weighted by Gasteiger charge is 2.15. The molecule has 0 unspecified atom stereocenters. The molecule has 0 saturated heterocycles. The number of H-pyrrole nitrogens is 1. The summed E-state index contributed by atoms with van der Waals surface area (Å²) >= 11 is 0. The van der Waals surface area contributed by atoms with Crippen LogP contribution in [-0.2, 0) is 0 Å². The number of imidazole rings is 1. The Bertz CT molecular complexity index is 553. The van der Waals surface area contributed by atoms with Crippen LogP contribution in [-0.4, -0.2) is 16.5 Å². The van der Waals surface area contributed by atoms with Crippen molar-refractivity contribution < 1.29 is 0 Å². The van der Waals surface area contributed by atoms with Crippen LogP contribution in [0.1, 0.15) is 12.2 Å². The lowest BCUT2D eigenvalue weighted by Gasteiger charge is -2.21. The van der Waals surface area contributed by atoms with Gasteiger partial charge in [-0.15, -0.1) is 0 Å². The number of nitrogens with zero attached hydrogens (tertiary/aromatic N) is 3. The fourth-order valence-corrected chi connectivity index (χ4v) is 1.83. The molecule has 0 fully saturated rings. The molecule has 0 radical (unpaired) electrons. The molecule has 0 atom stereocenters. The lowest BCUT2D eigenvalue weighted by atomic mass is 10.2. The maximum absolute atomic E-state index is 8.75. The number of nitriles is 1. The summed E-state index contributed by atoms with van der Waals surface area (Å²) < 4.78 is 0. The molecular weight excluding hydrogens is 226 g/mol. The second-order valence-corrected chi connectivity index (χ2v) is 3.95. The number of nitrogens with one attached hydrogen (secondary N) is 1. The predicted molar refractivity (Wildman–Crippen MR) is 71.4 cm³/mol. The van der Waals surface area contributed by atoms with Gasteiger partial charge >= 0.3 is 0 Å². The van der Waals surface area contributed by atoms with Gasteiger partial charge in [-0.25, -0.2) is 4.98 Å². The van der Waals surface area contributed by atoms with E-state index >= 15 is 0 Å². The van der Waals surface area contributed by atoms with Crippen LogP contribution in [0.3, 0.4) is 0 Å². The highest BCUT2D eigenvalue weighted by Crippen LogP contribution is 2.28. The molecular formula is C13H15N5. The molecule has 1 heterocycles. The molecule has 18 heavy (non-hydrogen) atoms. The van der Waals surface area contributed by atoms with Crippen LogP contribution in [0.15, 0.2) is 30.3 Å². The van der Waals surface area contributed by atoms with E-state index in [-0.39, 0.29) is 0 Å². The maximum Gasteiger partial charge on any atom is 0.175 e. The standard InChI is InChI=1S/C13H15N5/c1-10-16-12(15)13(17-10)18(9-5-8-14)11-6-3-2-4-7-11/h2-4,6-7H,5,9,15H2,1H3,(H,16,17). The van der Waals surface area contributed by atoms with Crippen LogP contribution in [0.4, 0.5) is 17.3 Å². The number of aromatic amines is 1. The Kier molecular flexibility index (Phi) is 3.49. The van der Waals surface area contributed by atoms with Gasteiger partial charge in [-0.3, -0.25) is 0 Å². The fourth-order valence-electron chi connectivity index (χ4n) is 1.83. The van der Waals surface area contributed by atoms with Crippen LogP contribution in [0.25, 0.3) is 0 Å². The number of aryl methyl sites for hydroxylation is 1. The van der Waals surface area contributed by atoms with E-state index < -0.39 is 0 Å². The van der Waals surface area contributed by atoms with Crippen LogP contribution < -0.4 is 10.6 Å². The Hall–Kier alpha value is -2.48. The summed E-state index contributed by atoms with van der Waals surface area (Å²) in [4.78, 5) is 9.30. The first kappa shape index (κ1) is 12.0. The second-order valence-electron chi connectivity index (χ2n) is 3.95. The van der Waals surface area contributed by atoms with Crippen molar-refractivity contribution in [3.63, 3.8) is 0 Å². The Morgan fingerprint density at radius 1 is 1.39 bits per heavy atom. The van der Waals surface area contributed by atoms with Gasteiger partial charge in [-0.1, -0.05) is 18.2 Å². The second kappa shape index (κ2) is 5.23. The smallest absolute Gasteiger partial charge is 0.175 e. The SMILES string of the molecule is Cc1nc(N(CCC#N)c2ccccc2)c(N)[nH]1. The summed E-state index contributed by atoms with van der Waals surface area (Å²) in [7, 11) is 0. The number of hydrogen-bond acceptors (Lipinski definition) is 4. The summed E-state index contributed by atoms with van der Waals surface area (Å²) in [5.74, 6) is 1.96. The van der Waals surface area contributed by atoms with Gasteiger partial charge in [0.25, 0.3) is 0 Å². The number of rotatable bonds is 4. The molecule has 0 aliphatic heterocycles. The first-order valence-electron chi connectivity index (χ1n) is 5.74. The van der Waals surface area contributed by atoms with E-state index in [4.69, 9.17) is 11.0 Å². The van der Waals surface area contributed by atoms with Crippen LogP contribution in [0.2, 0.25) is 0 Å². The molecule has 2 rings (SSSR count). The summed E-state index contributed by atoms with van der Waals surface area (Å²) in [6, 6.07) is 11.9. The van der Waals surface area contributed by atoms with Crippen molar-refractivity contribution in [3.8, 4) is 6.07 Å². The molecule has 2 aromatic rings. The minimum Gasteiger partial charge on any atom is -0.382 e. The van der Waals surface area contributed by atoms with E-state index in [0.717, 1.165) is 11.5 Å². The molecule has 0 saturated carbocycles. The highest BCUT2D eigenvalue weighted by molar-refractivity contribution is 5.69. The van der Waals surface area contributed by atoms with Gasteiger partial charge < -0.3 is 15.6 Å². The topological polar surface area (TPSA) is 81.7 Å². The van der Waals surface area contributed by atoms with E-state index in [0.29, 0.717) is 24.6 Å². The molecule has 0 aliphatic carbocycles. The number of hydrogen-bond donors (Lipinski definition) is 2. The van der Waals surface area contributed by atoms with Gasteiger partial charge in [-0.2, -0.15) is 5.26 Å².